The van der Waals surface area contributed by atoms with E-state index >= 15 is 0 Å². The first-order valence-corrected chi connectivity index (χ1v) is 15.1. The van der Waals surface area contributed by atoms with Gasteiger partial charge < -0.3 is 25.2 Å². The molecule has 0 bridgehead atoms. The number of hydrogen-bond donors (Lipinski definition) is 2. The summed E-state index contributed by atoms with van der Waals surface area (Å²) in [6.45, 7) is 2.27. The number of amides is 1. The van der Waals surface area contributed by atoms with E-state index in [1.807, 2.05) is 62.4 Å². The Morgan fingerprint density at radius 3 is 2.52 bits per heavy atom. The fourth-order valence-corrected chi connectivity index (χ4v) is 5.91. The average molecular weight is 582 g/mol. The first-order valence-electron chi connectivity index (χ1n) is 12.8. The normalized spacial score (nSPS) is 15.8. The van der Waals surface area contributed by atoms with Crippen molar-refractivity contribution in [2.45, 2.75) is 0 Å². The molecule has 9 nitrogen and oxygen atoms in total. The molecule has 2 heterocycles. The highest BCUT2D eigenvalue weighted by Crippen LogP contribution is 2.41. The fourth-order valence-electron chi connectivity index (χ4n) is 4.82. The van der Waals surface area contributed by atoms with Crippen LogP contribution in [0.15, 0.2) is 60.7 Å². The van der Waals surface area contributed by atoms with E-state index in [0.29, 0.717) is 53.1 Å². The average Bonchev–Trinajstić information content (AvgIpc) is 3.21. The van der Waals surface area contributed by atoms with Crippen molar-refractivity contribution < 1.29 is 17.9 Å². The molecule has 2 aliphatic heterocycles. The number of rotatable bonds is 8. The topological polar surface area (TPSA) is 94.2 Å². The van der Waals surface area contributed by atoms with Crippen molar-refractivity contribution in [3.05, 3.63) is 76.8 Å². The van der Waals surface area contributed by atoms with Crippen LogP contribution >= 0.6 is 11.6 Å². The summed E-state index contributed by atoms with van der Waals surface area (Å²) < 4.78 is 32.3. The van der Waals surface area contributed by atoms with Gasteiger partial charge in [0.2, 0.25) is 10.0 Å². The fraction of sp³-hybridized carbons (Fsp3) is 0.276. The molecule has 2 aliphatic rings. The number of nitrogens with zero attached hydrogens (tertiary/aromatic N) is 3. The highest BCUT2D eigenvalue weighted by molar-refractivity contribution is 7.92. The van der Waals surface area contributed by atoms with Crippen LogP contribution in [0.1, 0.15) is 11.1 Å². The van der Waals surface area contributed by atoms with Gasteiger partial charge in [-0.25, -0.2) is 8.42 Å². The lowest BCUT2D eigenvalue weighted by Crippen LogP contribution is -2.35. The van der Waals surface area contributed by atoms with E-state index in [9.17, 15) is 13.2 Å². The molecule has 0 fully saturated rings. The Balaban J connectivity index is 1.56. The number of anilines is 4. The van der Waals surface area contributed by atoms with E-state index in [4.69, 9.17) is 16.3 Å². The third-order valence-electron chi connectivity index (χ3n) is 6.90. The predicted octanol–water partition coefficient (Wildman–Crippen LogP) is 4.43. The number of ether oxygens (including phenoxy) is 1. The van der Waals surface area contributed by atoms with Gasteiger partial charge in [0.25, 0.3) is 5.91 Å². The molecule has 0 aliphatic carbocycles. The largest absolute Gasteiger partial charge is 0.490 e. The van der Waals surface area contributed by atoms with Crippen molar-refractivity contribution in [3.63, 3.8) is 0 Å². The summed E-state index contributed by atoms with van der Waals surface area (Å²) in [6, 6.07) is 18.3. The number of fused-ring (bicyclic) bond motifs is 2. The van der Waals surface area contributed by atoms with Crippen LogP contribution in [0.5, 0.6) is 5.75 Å². The molecular formula is C29H32ClN5O4S. The first-order chi connectivity index (χ1) is 19.0. The quantitative estimate of drug-likeness (QED) is 0.380. The van der Waals surface area contributed by atoms with Crippen LogP contribution in [0.4, 0.5) is 22.7 Å². The third kappa shape index (κ3) is 5.74. The molecule has 0 unspecified atom stereocenters. The molecule has 0 saturated heterocycles. The van der Waals surface area contributed by atoms with Crippen molar-refractivity contribution in [2.24, 2.45) is 0 Å². The standard InChI is InChI=1S/C29H32ClN5O4S/c1-33(2)13-14-35(40(4,37)38)22-9-7-21(8-10-22)31-28(19-5-12-25-26(17-19)39-16-15-34(25)3)27-23-11-6-20(30)18-24(23)32-29(27)36/h5-12,17-18,31H,13-16H2,1-4H3,(H,32,36). The number of benzene rings is 3. The van der Waals surface area contributed by atoms with E-state index in [0.717, 1.165) is 29.1 Å². The highest BCUT2D eigenvalue weighted by Gasteiger charge is 2.29. The Kier molecular flexibility index (Phi) is 7.67. The number of halogens is 1. The zero-order chi connectivity index (χ0) is 28.6. The lowest BCUT2D eigenvalue weighted by molar-refractivity contribution is -0.110. The lowest BCUT2D eigenvalue weighted by Gasteiger charge is -2.28. The van der Waals surface area contributed by atoms with E-state index in [1.54, 1.807) is 24.3 Å². The van der Waals surface area contributed by atoms with Gasteiger partial charge in [-0.3, -0.25) is 9.10 Å². The van der Waals surface area contributed by atoms with Crippen LogP contribution in [0.25, 0.3) is 11.3 Å². The molecule has 3 aromatic carbocycles. The van der Waals surface area contributed by atoms with Crippen LogP contribution in [-0.2, 0) is 14.8 Å². The van der Waals surface area contributed by atoms with Crippen molar-refractivity contribution in [2.75, 3.05) is 73.5 Å². The first kappa shape index (κ1) is 27.8. The van der Waals surface area contributed by atoms with Gasteiger partial charge in [0.15, 0.2) is 0 Å². The Morgan fingerprint density at radius 2 is 1.82 bits per heavy atom. The van der Waals surface area contributed by atoms with Gasteiger partial charge in [0.05, 0.1) is 41.1 Å². The van der Waals surface area contributed by atoms with Gasteiger partial charge in [-0.1, -0.05) is 23.7 Å². The summed E-state index contributed by atoms with van der Waals surface area (Å²) >= 11 is 6.20. The minimum atomic E-state index is -3.47. The maximum atomic E-state index is 13.3. The molecule has 0 radical (unpaired) electrons. The van der Waals surface area contributed by atoms with Crippen molar-refractivity contribution in [1.82, 2.24) is 4.90 Å². The van der Waals surface area contributed by atoms with E-state index < -0.39 is 10.0 Å². The number of nitrogens with one attached hydrogen (secondary N) is 2. The summed E-state index contributed by atoms with van der Waals surface area (Å²) in [5.41, 5.74) is 5.45. The number of carbonyl (C=O) groups excluding carboxylic acids is 1. The van der Waals surface area contributed by atoms with Crippen molar-refractivity contribution in [3.8, 4) is 5.75 Å². The summed E-state index contributed by atoms with van der Waals surface area (Å²) in [4.78, 5) is 17.4. The summed E-state index contributed by atoms with van der Waals surface area (Å²) in [7, 11) is 2.35. The Bertz CT molecular complexity index is 1590. The lowest BCUT2D eigenvalue weighted by atomic mass is 9.99. The molecule has 0 aromatic heterocycles. The number of carbonyl (C=O) groups is 1. The minimum absolute atomic E-state index is 0.251. The number of hydrogen-bond acceptors (Lipinski definition) is 7. The van der Waals surface area contributed by atoms with E-state index in [1.165, 1.54) is 10.6 Å². The van der Waals surface area contributed by atoms with Crippen LogP contribution in [0.3, 0.4) is 0 Å². The number of sulfonamides is 1. The summed E-state index contributed by atoms with van der Waals surface area (Å²) in [5.74, 6) is 0.486. The van der Waals surface area contributed by atoms with Gasteiger partial charge in [-0.15, -0.1) is 0 Å². The molecule has 0 spiro atoms. The SMILES string of the molecule is CN(C)CCN(c1ccc(NC(=C2C(=O)Nc3cc(Cl)ccc32)c2ccc3c(c2)OCCN3C)cc1)S(C)(=O)=O. The molecule has 210 valence electrons. The molecule has 11 heteroatoms. The van der Waals surface area contributed by atoms with Crippen LogP contribution < -0.4 is 24.6 Å². The van der Waals surface area contributed by atoms with Crippen LogP contribution in [0.2, 0.25) is 5.02 Å². The second kappa shape index (κ2) is 11.0. The molecule has 2 N–H and O–H groups in total. The second-order valence-electron chi connectivity index (χ2n) is 10.2. The maximum absolute atomic E-state index is 13.3. The number of likely N-dealkylation sites (N-methyl/N-ethyl adjacent to an activating group) is 2. The Hall–Kier alpha value is -3.73. The summed E-state index contributed by atoms with van der Waals surface area (Å²) in [6.07, 6.45) is 1.20. The van der Waals surface area contributed by atoms with Gasteiger partial charge in [0, 0.05) is 42.0 Å². The second-order valence-corrected chi connectivity index (χ2v) is 12.5. The van der Waals surface area contributed by atoms with E-state index in [2.05, 4.69) is 15.5 Å². The molecule has 3 aromatic rings. The molecule has 0 saturated carbocycles. The third-order valence-corrected chi connectivity index (χ3v) is 8.32. The maximum Gasteiger partial charge on any atom is 0.258 e. The van der Waals surface area contributed by atoms with Crippen molar-refractivity contribution in [1.29, 1.82) is 0 Å². The molecule has 40 heavy (non-hydrogen) atoms. The predicted molar refractivity (Wildman–Crippen MR) is 163 cm³/mol. The molecule has 0 atom stereocenters. The molecule has 5 rings (SSSR count). The van der Waals surface area contributed by atoms with Crippen LogP contribution in [-0.4, -0.2) is 72.9 Å². The Labute approximate surface area is 240 Å². The van der Waals surface area contributed by atoms with Crippen molar-refractivity contribution >= 4 is 61.6 Å². The van der Waals surface area contributed by atoms with Gasteiger partial charge >= 0.3 is 0 Å². The van der Waals surface area contributed by atoms with E-state index in [-0.39, 0.29) is 5.91 Å². The zero-order valence-electron chi connectivity index (χ0n) is 22.9. The highest BCUT2D eigenvalue weighted by atomic mass is 35.5. The van der Waals surface area contributed by atoms with Gasteiger partial charge in [-0.2, -0.15) is 0 Å². The monoisotopic (exact) mass is 581 g/mol. The smallest absolute Gasteiger partial charge is 0.258 e. The molecular weight excluding hydrogens is 550 g/mol. The van der Waals surface area contributed by atoms with Gasteiger partial charge in [-0.05, 0) is 62.6 Å². The minimum Gasteiger partial charge on any atom is -0.490 e. The van der Waals surface area contributed by atoms with Gasteiger partial charge in [0.1, 0.15) is 12.4 Å². The van der Waals surface area contributed by atoms with Crippen LogP contribution in [0, 0.1) is 0 Å². The zero-order valence-corrected chi connectivity index (χ0v) is 24.4. The summed E-state index contributed by atoms with van der Waals surface area (Å²) in [5, 5.41) is 6.88. The molecule has 1 amide bonds. The Morgan fingerprint density at radius 1 is 1.07 bits per heavy atom.